The van der Waals surface area contributed by atoms with Crippen molar-refractivity contribution in [3.8, 4) is 0 Å². The molecule has 2 aliphatic heterocycles. The summed E-state index contributed by atoms with van der Waals surface area (Å²) in [5.41, 5.74) is 15.9. The summed E-state index contributed by atoms with van der Waals surface area (Å²) in [7, 11) is 0. The maximum absolute atomic E-state index is 6.49. The van der Waals surface area contributed by atoms with Crippen molar-refractivity contribution >= 4 is 28.8 Å². The molecule has 7 nitrogen and oxygen atoms in total. The number of ether oxygens (including phenoxy) is 1. The smallest absolute Gasteiger partial charge is 0.130 e. The van der Waals surface area contributed by atoms with Gasteiger partial charge in [0.15, 0.2) is 0 Å². The second kappa shape index (κ2) is 8.05. The molecule has 1 fully saturated rings. The summed E-state index contributed by atoms with van der Waals surface area (Å²) in [5, 5.41) is 4.02. The molecule has 148 valence electrons. The molecule has 5 N–H and O–H groups in total. The fourth-order valence-electron chi connectivity index (χ4n) is 3.59. The fraction of sp³-hybridized carbons (Fsp3) is 0.400. The molecule has 2 aliphatic rings. The number of aromatic nitrogens is 1. The van der Waals surface area contributed by atoms with Crippen molar-refractivity contribution in [1.29, 1.82) is 0 Å². The van der Waals surface area contributed by atoms with Crippen LogP contribution in [-0.4, -0.2) is 55.2 Å². The van der Waals surface area contributed by atoms with Gasteiger partial charge in [0.1, 0.15) is 5.82 Å². The summed E-state index contributed by atoms with van der Waals surface area (Å²) >= 11 is 6.49. The average molecular weight is 401 g/mol. The van der Waals surface area contributed by atoms with Gasteiger partial charge in [-0.2, -0.15) is 0 Å². The van der Waals surface area contributed by atoms with E-state index < -0.39 is 6.17 Å². The largest absolute Gasteiger partial charge is 0.378 e. The standard InChI is InChI=1S/C20H25ClN6O/c1-12(22)18-20(23)25-16-10-17(27-6-8-28-9-7-27)24-11-14(16)19(26-18)13-4-2-3-5-15(13)21/h2-5,10-12,18,20,25H,6-9,22-23H2,1H3. The van der Waals surface area contributed by atoms with Gasteiger partial charge in [0.05, 0.1) is 36.8 Å². The van der Waals surface area contributed by atoms with E-state index in [1.807, 2.05) is 43.5 Å². The highest BCUT2D eigenvalue weighted by molar-refractivity contribution is 6.35. The monoisotopic (exact) mass is 400 g/mol. The molecule has 2 aromatic rings. The van der Waals surface area contributed by atoms with Gasteiger partial charge < -0.3 is 26.4 Å². The zero-order valence-electron chi connectivity index (χ0n) is 15.8. The second-order valence-corrected chi connectivity index (χ2v) is 7.57. The number of morpholine rings is 1. The summed E-state index contributed by atoms with van der Waals surface area (Å²) in [6.07, 6.45) is 1.42. The lowest BCUT2D eigenvalue weighted by molar-refractivity contribution is 0.122. The summed E-state index contributed by atoms with van der Waals surface area (Å²) in [6.45, 7) is 4.93. The van der Waals surface area contributed by atoms with Crippen molar-refractivity contribution < 1.29 is 4.74 Å². The van der Waals surface area contributed by atoms with Crippen LogP contribution in [0.5, 0.6) is 0 Å². The Morgan fingerprint density at radius 1 is 1.25 bits per heavy atom. The molecule has 0 aliphatic carbocycles. The quantitative estimate of drug-likeness (QED) is 0.726. The van der Waals surface area contributed by atoms with Crippen LogP contribution in [0.4, 0.5) is 11.5 Å². The van der Waals surface area contributed by atoms with E-state index in [-0.39, 0.29) is 12.1 Å². The predicted molar refractivity (Wildman–Crippen MR) is 113 cm³/mol. The number of fused-ring (bicyclic) bond motifs is 1. The highest BCUT2D eigenvalue weighted by Crippen LogP contribution is 2.30. The van der Waals surface area contributed by atoms with E-state index in [1.54, 1.807) is 0 Å². The van der Waals surface area contributed by atoms with Crippen molar-refractivity contribution in [2.24, 2.45) is 16.5 Å². The van der Waals surface area contributed by atoms with Gasteiger partial charge in [0.2, 0.25) is 0 Å². The van der Waals surface area contributed by atoms with Gasteiger partial charge >= 0.3 is 0 Å². The van der Waals surface area contributed by atoms with E-state index in [1.165, 1.54) is 0 Å². The van der Waals surface area contributed by atoms with Crippen LogP contribution in [-0.2, 0) is 4.74 Å². The number of pyridine rings is 1. The minimum Gasteiger partial charge on any atom is -0.378 e. The summed E-state index contributed by atoms with van der Waals surface area (Å²) in [4.78, 5) is 11.8. The molecule has 3 unspecified atom stereocenters. The normalized spacial score (nSPS) is 23.3. The Bertz CT molecular complexity index is 881. The number of nitrogens with zero attached hydrogens (tertiary/aromatic N) is 3. The highest BCUT2D eigenvalue weighted by atomic mass is 35.5. The van der Waals surface area contributed by atoms with Crippen molar-refractivity contribution in [1.82, 2.24) is 4.98 Å². The van der Waals surface area contributed by atoms with Gasteiger partial charge in [0, 0.05) is 47.5 Å². The van der Waals surface area contributed by atoms with Crippen LogP contribution in [0.1, 0.15) is 18.1 Å². The number of hydrogen-bond acceptors (Lipinski definition) is 7. The zero-order chi connectivity index (χ0) is 19.7. The number of anilines is 2. The molecular weight excluding hydrogens is 376 g/mol. The molecule has 1 aromatic carbocycles. The van der Waals surface area contributed by atoms with E-state index in [0.717, 1.165) is 41.4 Å². The number of aliphatic imine (C=N–C) groups is 1. The van der Waals surface area contributed by atoms with E-state index in [0.29, 0.717) is 18.2 Å². The lowest BCUT2D eigenvalue weighted by Crippen LogP contribution is -2.48. The minimum absolute atomic E-state index is 0.221. The molecular formula is C20H25ClN6O. The third-order valence-corrected chi connectivity index (χ3v) is 5.45. The minimum atomic E-state index is -0.418. The van der Waals surface area contributed by atoms with E-state index in [9.17, 15) is 0 Å². The Labute approximate surface area is 169 Å². The summed E-state index contributed by atoms with van der Waals surface area (Å²) < 4.78 is 5.45. The van der Waals surface area contributed by atoms with Crippen LogP contribution < -0.4 is 21.7 Å². The maximum Gasteiger partial charge on any atom is 0.130 e. The van der Waals surface area contributed by atoms with Crippen LogP contribution in [0, 0.1) is 0 Å². The van der Waals surface area contributed by atoms with E-state index >= 15 is 0 Å². The van der Waals surface area contributed by atoms with Crippen molar-refractivity contribution in [2.75, 3.05) is 36.5 Å². The van der Waals surface area contributed by atoms with Crippen LogP contribution >= 0.6 is 11.6 Å². The Balaban J connectivity index is 1.82. The van der Waals surface area contributed by atoms with Crippen molar-refractivity contribution in [3.05, 3.63) is 52.7 Å². The number of benzene rings is 1. The third-order valence-electron chi connectivity index (χ3n) is 5.12. The Hall–Kier alpha value is -2.19. The lowest BCUT2D eigenvalue weighted by atomic mass is 10.0. The van der Waals surface area contributed by atoms with E-state index in [2.05, 4.69) is 10.2 Å². The molecule has 1 aromatic heterocycles. The van der Waals surface area contributed by atoms with E-state index in [4.69, 9.17) is 37.8 Å². The molecule has 8 heteroatoms. The number of rotatable bonds is 3. The molecule has 0 saturated carbocycles. The first kappa shape index (κ1) is 19.1. The number of halogens is 1. The molecule has 4 rings (SSSR count). The number of nitrogens with two attached hydrogens (primary N) is 2. The van der Waals surface area contributed by atoms with Crippen LogP contribution in [0.3, 0.4) is 0 Å². The summed E-state index contributed by atoms with van der Waals surface area (Å²) in [6, 6.07) is 9.15. The maximum atomic E-state index is 6.49. The second-order valence-electron chi connectivity index (χ2n) is 7.16. The number of nitrogens with one attached hydrogen (secondary N) is 1. The first-order valence-corrected chi connectivity index (χ1v) is 9.86. The Morgan fingerprint density at radius 3 is 2.71 bits per heavy atom. The third kappa shape index (κ3) is 3.71. The lowest BCUT2D eigenvalue weighted by Gasteiger charge is -2.29. The molecule has 3 atom stereocenters. The molecule has 3 heterocycles. The Morgan fingerprint density at radius 2 is 2.00 bits per heavy atom. The van der Waals surface area contributed by atoms with Crippen LogP contribution in [0.15, 0.2) is 41.5 Å². The first-order chi connectivity index (χ1) is 13.5. The van der Waals surface area contributed by atoms with Gasteiger partial charge in [-0.25, -0.2) is 4.98 Å². The van der Waals surface area contributed by atoms with Gasteiger partial charge in [0.25, 0.3) is 0 Å². The van der Waals surface area contributed by atoms with Gasteiger partial charge in [-0.1, -0.05) is 29.8 Å². The number of hydrogen-bond donors (Lipinski definition) is 3. The SMILES string of the molecule is CC(N)C1N=C(c2ccccc2Cl)c2cnc(N3CCOCC3)cc2NC1N. The topological polar surface area (TPSA) is 102 Å². The Kier molecular flexibility index (Phi) is 5.50. The summed E-state index contributed by atoms with van der Waals surface area (Å²) in [5.74, 6) is 0.888. The first-order valence-electron chi connectivity index (χ1n) is 9.48. The molecule has 0 bridgehead atoms. The van der Waals surface area contributed by atoms with Crippen molar-refractivity contribution in [3.63, 3.8) is 0 Å². The molecule has 0 amide bonds. The van der Waals surface area contributed by atoms with Gasteiger partial charge in [-0.3, -0.25) is 4.99 Å². The predicted octanol–water partition coefficient (Wildman–Crippen LogP) is 1.84. The van der Waals surface area contributed by atoms with Gasteiger partial charge in [-0.15, -0.1) is 0 Å². The molecule has 0 radical (unpaired) electrons. The molecule has 0 spiro atoms. The zero-order valence-corrected chi connectivity index (χ0v) is 16.6. The molecule has 28 heavy (non-hydrogen) atoms. The van der Waals surface area contributed by atoms with Crippen LogP contribution in [0.25, 0.3) is 0 Å². The molecule has 1 saturated heterocycles. The van der Waals surface area contributed by atoms with Crippen LogP contribution in [0.2, 0.25) is 5.02 Å². The fourth-order valence-corrected chi connectivity index (χ4v) is 3.82. The average Bonchev–Trinajstić information content (AvgIpc) is 2.84. The van der Waals surface area contributed by atoms with Gasteiger partial charge in [-0.05, 0) is 13.0 Å². The highest BCUT2D eigenvalue weighted by Gasteiger charge is 2.29. The van der Waals surface area contributed by atoms with Crippen molar-refractivity contribution in [2.45, 2.75) is 25.2 Å².